The average molecular weight is 687 g/mol. The number of benzene rings is 7. The first-order valence-electron chi connectivity index (χ1n) is 17.0. The molecule has 0 saturated heterocycles. The van der Waals surface area contributed by atoms with Gasteiger partial charge in [-0.1, -0.05) is 115 Å². The van der Waals surface area contributed by atoms with Gasteiger partial charge in [-0.3, -0.25) is 0 Å². The summed E-state index contributed by atoms with van der Waals surface area (Å²) in [4.78, 5) is 9.89. The zero-order valence-electron chi connectivity index (χ0n) is 27.1. The van der Waals surface area contributed by atoms with Crippen LogP contribution < -0.4 is 0 Å². The third-order valence-electron chi connectivity index (χ3n) is 9.96. The van der Waals surface area contributed by atoms with E-state index in [0.717, 1.165) is 38.7 Å². The first-order valence-corrected chi connectivity index (χ1v) is 18.6. The Morgan fingerprint density at radius 3 is 1.65 bits per heavy atom. The Kier molecular flexibility index (Phi) is 6.29. The minimum Gasteiger partial charge on any atom is -0.453 e. The molecule has 0 aliphatic rings. The molecular weight excluding hydrogens is 661 g/mol. The number of thiophene rings is 2. The molecule has 0 bridgehead atoms. The van der Waals surface area contributed by atoms with Gasteiger partial charge in [0.05, 0.1) is 6.20 Å². The highest BCUT2D eigenvalue weighted by molar-refractivity contribution is 7.26. The monoisotopic (exact) mass is 686 g/mol. The summed E-state index contributed by atoms with van der Waals surface area (Å²) in [7, 11) is 0. The molecule has 0 spiro atoms. The summed E-state index contributed by atoms with van der Waals surface area (Å²) >= 11 is 3.71. The van der Waals surface area contributed by atoms with Gasteiger partial charge in [0.1, 0.15) is 11.1 Å². The molecule has 0 N–H and O–H groups in total. The second kappa shape index (κ2) is 11.2. The molecule has 5 heteroatoms. The van der Waals surface area contributed by atoms with Crippen molar-refractivity contribution in [2.45, 2.75) is 0 Å². The van der Waals surface area contributed by atoms with E-state index in [9.17, 15) is 0 Å². The highest BCUT2D eigenvalue weighted by atomic mass is 32.1. The molecule has 4 aromatic heterocycles. The highest BCUT2D eigenvalue weighted by Gasteiger charge is 2.16. The zero-order chi connectivity index (χ0) is 33.5. The van der Waals surface area contributed by atoms with Gasteiger partial charge >= 0.3 is 0 Å². The van der Waals surface area contributed by atoms with Crippen LogP contribution in [0.4, 0.5) is 0 Å². The van der Waals surface area contributed by atoms with Gasteiger partial charge in [-0.25, -0.2) is 9.97 Å². The lowest BCUT2D eigenvalue weighted by molar-refractivity contribution is 0.666. The molecule has 0 unspecified atom stereocenters. The van der Waals surface area contributed by atoms with Crippen LogP contribution in [0.5, 0.6) is 0 Å². The van der Waals surface area contributed by atoms with Crippen molar-refractivity contribution < 1.29 is 4.42 Å². The van der Waals surface area contributed by atoms with Gasteiger partial charge in [0, 0.05) is 51.3 Å². The van der Waals surface area contributed by atoms with E-state index in [-0.39, 0.29) is 0 Å². The van der Waals surface area contributed by atoms with Crippen LogP contribution in [0.1, 0.15) is 0 Å². The molecule has 11 rings (SSSR count). The van der Waals surface area contributed by atoms with Gasteiger partial charge in [-0.05, 0) is 69.8 Å². The lowest BCUT2D eigenvalue weighted by Gasteiger charge is -2.09. The second-order valence-corrected chi connectivity index (χ2v) is 15.0. The molecule has 0 amide bonds. The van der Waals surface area contributed by atoms with E-state index >= 15 is 0 Å². The zero-order valence-corrected chi connectivity index (χ0v) is 28.8. The Balaban J connectivity index is 0.989. The van der Waals surface area contributed by atoms with Crippen LogP contribution >= 0.6 is 22.7 Å². The van der Waals surface area contributed by atoms with Gasteiger partial charge in [-0.15, -0.1) is 22.7 Å². The van der Waals surface area contributed by atoms with E-state index in [0.29, 0.717) is 11.4 Å². The number of hydrogen-bond donors (Lipinski definition) is 0. The topological polar surface area (TPSA) is 38.9 Å². The Morgan fingerprint density at radius 2 is 0.961 bits per heavy atom. The fourth-order valence-corrected chi connectivity index (χ4v) is 10.00. The highest BCUT2D eigenvalue weighted by Crippen LogP contribution is 2.43. The van der Waals surface area contributed by atoms with Crippen molar-refractivity contribution in [3.05, 3.63) is 158 Å². The lowest BCUT2D eigenvalue weighted by atomic mass is 9.97. The fraction of sp³-hybridized carbons (Fsp3) is 0. The third kappa shape index (κ3) is 4.56. The molecule has 11 aromatic rings. The fourth-order valence-electron chi connectivity index (χ4n) is 7.52. The number of fused-ring (bicyclic) bond motifs is 9. The molecule has 3 nitrogen and oxygen atoms in total. The number of furan rings is 1. The van der Waals surface area contributed by atoms with Gasteiger partial charge in [0.25, 0.3) is 0 Å². The summed E-state index contributed by atoms with van der Waals surface area (Å²) in [6.07, 6.45) is 1.81. The number of nitrogens with zero attached hydrogens (tertiary/aromatic N) is 2. The SMILES string of the molecule is c1cc(-c2cccc(-c3cccc4c3sc3ccccc34)c2)cc(-c2ncc3oc4ccc(-c5cccc6c5sc5ccccc56)cc4c3n2)c1. The van der Waals surface area contributed by atoms with Gasteiger partial charge < -0.3 is 4.42 Å². The summed E-state index contributed by atoms with van der Waals surface area (Å²) in [5.74, 6) is 0.676. The number of hydrogen-bond acceptors (Lipinski definition) is 5. The second-order valence-electron chi connectivity index (χ2n) is 12.9. The van der Waals surface area contributed by atoms with Crippen molar-refractivity contribution in [1.82, 2.24) is 9.97 Å². The van der Waals surface area contributed by atoms with E-state index in [2.05, 4.69) is 152 Å². The number of rotatable bonds is 4. The maximum Gasteiger partial charge on any atom is 0.172 e. The molecule has 0 saturated carbocycles. The Bertz CT molecular complexity index is 3170. The normalized spacial score (nSPS) is 11.9. The Hall–Kier alpha value is -6.14. The van der Waals surface area contributed by atoms with Gasteiger partial charge in [0.15, 0.2) is 11.4 Å². The molecular formula is C46H26N2OS2. The summed E-state index contributed by atoms with van der Waals surface area (Å²) in [6.45, 7) is 0. The predicted octanol–water partition coefficient (Wildman–Crippen LogP) is 13.8. The van der Waals surface area contributed by atoms with Crippen molar-refractivity contribution in [1.29, 1.82) is 0 Å². The van der Waals surface area contributed by atoms with Crippen molar-refractivity contribution >= 4 is 85.1 Å². The summed E-state index contributed by atoms with van der Waals surface area (Å²) in [5.41, 5.74) is 10.4. The Labute approximate surface area is 300 Å². The standard InChI is InChI=1S/C46H26N2OS2/c1-3-19-41-34(13-1)36-17-7-15-32(44(36)50-41)29-11-5-9-27(23-29)28-10-6-12-31(24-28)46-47-26-40-43(48-46)38-25-30(21-22-39(38)49-40)33-16-8-18-37-35-14-2-4-20-42(35)51-45(33)37/h1-26H. The first-order chi connectivity index (χ1) is 25.2. The summed E-state index contributed by atoms with van der Waals surface area (Å²) < 4.78 is 11.5. The summed E-state index contributed by atoms with van der Waals surface area (Å²) in [6, 6.07) is 54.3. The average Bonchev–Trinajstić information content (AvgIpc) is 3.89. The molecule has 0 radical (unpaired) electrons. The van der Waals surface area contributed by atoms with Gasteiger partial charge in [0.2, 0.25) is 0 Å². The molecule has 0 aliphatic heterocycles. The molecule has 4 heterocycles. The van der Waals surface area contributed by atoms with Crippen molar-refractivity contribution in [2.75, 3.05) is 0 Å². The molecule has 7 aromatic carbocycles. The summed E-state index contributed by atoms with van der Waals surface area (Å²) in [5, 5.41) is 6.20. The Morgan fingerprint density at radius 1 is 0.412 bits per heavy atom. The third-order valence-corrected chi connectivity index (χ3v) is 12.4. The lowest BCUT2D eigenvalue weighted by Crippen LogP contribution is -1.89. The number of aromatic nitrogens is 2. The molecule has 238 valence electrons. The van der Waals surface area contributed by atoms with E-state index in [1.807, 2.05) is 28.9 Å². The quantitative estimate of drug-likeness (QED) is 0.185. The smallest absolute Gasteiger partial charge is 0.172 e. The minimum absolute atomic E-state index is 0.676. The van der Waals surface area contributed by atoms with E-state index in [1.54, 1.807) is 0 Å². The van der Waals surface area contributed by atoms with E-state index in [1.165, 1.54) is 57.0 Å². The van der Waals surface area contributed by atoms with Crippen LogP contribution in [0.3, 0.4) is 0 Å². The van der Waals surface area contributed by atoms with Crippen LogP contribution in [-0.2, 0) is 0 Å². The maximum absolute atomic E-state index is 6.25. The van der Waals surface area contributed by atoms with Gasteiger partial charge in [-0.2, -0.15) is 0 Å². The van der Waals surface area contributed by atoms with Crippen molar-refractivity contribution in [2.24, 2.45) is 0 Å². The van der Waals surface area contributed by atoms with Crippen LogP contribution in [0.15, 0.2) is 162 Å². The minimum atomic E-state index is 0.676. The van der Waals surface area contributed by atoms with Crippen molar-refractivity contribution in [3.8, 4) is 44.8 Å². The van der Waals surface area contributed by atoms with Crippen LogP contribution in [0.2, 0.25) is 0 Å². The molecule has 51 heavy (non-hydrogen) atoms. The van der Waals surface area contributed by atoms with E-state index < -0.39 is 0 Å². The largest absolute Gasteiger partial charge is 0.453 e. The molecule has 0 fully saturated rings. The predicted molar refractivity (Wildman–Crippen MR) is 217 cm³/mol. The van der Waals surface area contributed by atoms with Crippen LogP contribution in [-0.4, -0.2) is 9.97 Å². The van der Waals surface area contributed by atoms with Crippen LogP contribution in [0.25, 0.3) is 107 Å². The van der Waals surface area contributed by atoms with E-state index in [4.69, 9.17) is 14.4 Å². The van der Waals surface area contributed by atoms with Crippen LogP contribution in [0, 0.1) is 0 Å². The molecule has 0 atom stereocenters. The van der Waals surface area contributed by atoms with Crippen molar-refractivity contribution in [3.63, 3.8) is 0 Å². The molecule has 0 aliphatic carbocycles. The first kappa shape index (κ1) is 28.7. The maximum atomic E-state index is 6.25.